The van der Waals surface area contributed by atoms with Crippen molar-refractivity contribution in [2.45, 2.75) is 78.0 Å². The second kappa shape index (κ2) is 7.06. The Bertz CT molecular complexity index is 524. The Kier molecular flexibility index (Phi) is 6.33. The maximum atomic E-state index is 13.8. The van der Waals surface area contributed by atoms with Gasteiger partial charge in [0.1, 0.15) is 14.3 Å². The van der Waals surface area contributed by atoms with E-state index in [0.717, 1.165) is 10.6 Å². The summed E-state index contributed by atoms with van der Waals surface area (Å²) in [4.78, 5) is 0. The van der Waals surface area contributed by atoms with Gasteiger partial charge in [-0.3, -0.25) is 0 Å². The Morgan fingerprint density at radius 2 is 0.818 bits per heavy atom. The van der Waals surface area contributed by atoms with Gasteiger partial charge in [0.25, 0.3) is 0 Å². The van der Waals surface area contributed by atoms with Crippen molar-refractivity contribution < 1.29 is 9.13 Å². The Morgan fingerprint density at radius 1 is 0.591 bits per heavy atom. The molecule has 0 aliphatic rings. The summed E-state index contributed by atoms with van der Waals surface area (Å²) in [7, 11) is -5.20. The minimum Gasteiger partial charge on any atom is -0.318 e. The topological polar surface area (TPSA) is 34.1 Å². The molecule has 0 amide bonds. The van der Waals surface area contributed by atoms with Crippen LogP contribution in [0.5, 0.6) is 0 Å². The fraction of sp³-hybridized carbons (Fsp3) is 0.667. The van der Waals surface area contributed by atoms with Gasteiger partial charge in [0.05, 0.1) is 0 Å². The largest absolute Gasteiger partial charge is 0.318 e. The van der Waals surface area contributed by atoms with Gasteiger partial charge in [0.15, 0.2) is 0 Å². The lowest BCUT2D eigenvalue weighted by atomic mass is 10.4. The first-order chi connectivity index (χ1) is 10.0. The summed E-state index contributed by atoms with van der Waals surface area (Å²) in [5.41, 5.74) is 0.227. The molecule has 0 bridgehead atoms. The molecule has 1 aromatic carbocycles. The number of benzene rings is 1. The summed E-state index contributed by atoms with van der Waals surface area (Å²) in [6, 6.07) is 7.77. The first kappa shape index (κ1) is 19.7. The van der Waals surface area contributed by atoms with E-state index in [-0.39, 0.29) is 22.6 Å². The molecular formula is C18H32O2P2. The highest BCUT2D eigenvalue weighted by molar-refractivity contribution is 7.79. The quantitative estimate of drug-likeness (QED) is 0.658. The van der Waals surface area contributed by atoms with Crippen LogP contribution in [-0.4, -0.2) is 22.6 Å². The standard InChI is InChI=1S/C18H32O2P2/c1-13(2)21(19,14(3)4)17-11-9-10-12-18(17)22(20,15(5)6)16(7)8/h9-16H,1-8H3. The molecule has 22 heavy (non-hydrogen) atoms. The summed E-state index contributed by atoms with van der Waals surface area (Å²) in [5, 5.41) is 1.71. The molecule has 0 saturated heterocycles. The van der Waals surface area contributed by atoms with Gasteiger partial charge in [-0.05, 0) is 0 Å². The van der Waals surface area contributed by atoms with Crippen LogP contribution in [0.3, 0.4) is 0 Å². The fourth-order valence-electron chi connectivity index (χ4n) is 3.36. The van der Waals surface area contributed by atoms with Gasteiger partial charge in [0.2, 0.25) is 0 Å². The van der Waals surface area contributed by atoms with Crippen molar-refractivity contribution in [3.63, 3.8) is 0 Å². The molecular weight excluding hydrogens is 310 g/mol. The van der Waals surface area contributed by atoms with E-state index in [9.17, 15) is 9.13 Å². The zero-order valence-corrected chi connectivity index (χ0v) is 17.1. The van der Waals surface area contributed by atoms with Crippen LogP contribution in [0.2, 0.25) is 0 Å². The van der Waals surface area contributed by atoms with Crippen LogP contribution < -0.4 is 10.6 Å². The predicted octanol–water partition coefficient (Wildman–Crippen LogP) is 5.30. The van der Waals surface area contributed by atoms with E-state index in [1.54, 1.807) is 0 Å². The van der Waals surface area contributed by atoms with E-state index in [4.69, 9.17) is 0 Å². The van der Waals surface area contributed by atoms with E-state index in [2.05, 4.69) is 0 Å². The van der Waals surface area contributed by atoms with Crippen molar-refractivity contribution in [2.75, 3.05) is 0 Å². The SMILES string of the molecule is CC(C)P(=O)(c1ccccc1P(=O)(C(C)C)C(C)C)C(C)C. The van der Waals surface area contributed by atoms with E-state index in [0.29, 0.717) is 0 Å². The average molecular weight is 342 g/mol. The van der Waals surface area contributed by atoms with Crippen LogP contribution >= 0.6 is 14.3 Å². The molecule has 2 nitrogen and oxygen atoms in total. The van der Waals surface area contributed by atoms with Crippen molar-refractivity contribution in [1.29, 1.82) is 0 Å². The van der Waals surface area contributed by atoms with Crippen LogP contribution in [0.25, 0.3) is 0 Å². The molecule has 0 atom stereocenters. The highest BCUT2D eigenvalue weighted by Crippen LogP contribution is 2.59. The zero-order chi connectivity index (χ0) is 17.3. The van der Waals surface area contributed by atoms with Gasteiger partial charge in [-0.1, -0.05) is 79.7 Å². The molecule has 0 aliphatic carbocycles. The highest BCUT2D eigenvalue weighted by atomic mass is 31.2. The predicted molar refractivity (Wildman–Crippen MR) is 101 cm³/mol. The summed E-state index contributed by atoms with van der Waals surface area (Å²) in [5.74, 6) is 0. The van der Waals surface area contributed by atoms with Crippen molar-refractivity contribution in [2.24, 2.45) is 0 Å². The molecule has 0 heterocycles. The minimum atomic E-state index is -2.60. The molecule has 0 aliphatic heterocycles. The average Bonchev–Trinajstić information content (AvgIpc) is 2.44. The number of hydrogen-bond donors (Lipinski definition) is 0. The highest BCUT2D eigenvalue weighted by Gasteiger charge is 2.41. The first-order valence-corrected chi connectivity index (χ1v) is 12.0. The van der Waals surface area contributed by atoms with Crippen LogP contribution in [0, 0.1) is 0 Å². The van der Waals surface area contributed by atoms with Crippen LogP contribution in [0.15, 0.2) is 24.3 Å². The monoisotopic (exact) mass is 342 g/mol. The van der Waals surface area contributed by atoms with E-state index < -0.39 is 14.3 Å². The molecule has 0 unspecified atom stereocenters. The molecule has 1 aromatic rings. The molecule has 1 rings (SSSR count). The molecule has 0 aromatic heterocycles. The second-order valence-corrected chi connectivity index (χ2v) is 15.2. The molecule has 126 valence electrons. The third-order valence-electron chi connectivity index (χ3n) is 4.70. The Balaban J connectivity index is 3.76. The number of rotatable bonds is 6. The first-order valence-electron chi connectivity index (χ1n) is 8.29. The lowest BCUT2D eigenvalue weighted by molar-refractivity contribution is 0.566. The molecule has 0 spiro atoms. The van der Waals surface area contributed by atoms with Crippen LogP contribution in [0.1, 0.15) is 55.4 Å². The van der Waals surface area contributed by atoms with E-state index in [1.807, 2.05) is 79.7 Å². The Morgan fingerprint density at radius 3 is 1.00 bits per heavy atom. The molecule has 0 saturated carbocycles. The van der Waals surface area contributed by atoms with Crippen LogP contribution in [-0.2, 0) is 9.13 Å². The van der Waals surface area contributed by atoms with Gasteiger partial charge >= 0.3 is 0 Å². The summed E-state index contributed by atoms with van der Waals surface area (Å²) in [6.45, 7) is 16.2. The summed E-state index contributed by atoms with van der Waals surface area (Å²) in [6.07, 6.45) is 0. The van der Waals surface area contributed by atoms with Crippen molar-refractivity contribution in [3.8, 4) is 0 Å². The molecule has 4 heteroatoms. The van der Waals surface area contributed by atoms with E-state index in [1.165, 1.54) is 0 Å². The lowest BCUT2D eigenvalue weighted by Crippen LogP contribution is -2.35. The minimum absolute atomic E-state index is 0.0569. The maximum absolute atomic E-state index is 13.8. The maximum Gasteiger partial charge on any atom is 0.121 e. The second-order valence-electron chi connectivity index (χ2n) is 7.28. The van der Waals surface area contributed by atoms with Gasteiger partial charge < -0.3 is 9.13 Å². The van der Waals surface area contributed by atoms with Crippen molar-refractivity contribution >= 4 is 24.9 Å². The molecule has 0 N–H and O–H groups in total. The van der Waals surface area contributed by atoms with Gasteiger partial charge in [-0.25, -0.2) is 0 Å². The lowest BCUT2D eigenvalue weighted by Gasteiger charge is -2.33. The third kappa shape index (κ3) is 3.15. The van der Waals surface area contributed by atoms with Gasteiger partial charge in [-0.2, -0.15) is 0 Å². The normalized spacial score (nSPS) is 13.6. The molecule has 0 radical (unpaired) electrons. The van der Waals surface area contributed by atoms with Crippen molar-refractivity contribution in [3.05, 3.63) is 24.3 Å². The van der Waals surface area contributed by atoms with Crippen molar-refractivity contribution in [1.82, 2.24) is 0 Å². The number of hydrogen-bond acceptors (Lipinski definition) is 2. The summed E-state index contributed by atoms with van der Waals surface area (Å²) < 4.78 is 27.6. The third-order valence-corrected chi connectivity index (χ3v) is 13.3. The molecule has 0 fully saturated rings. The Labute approximate surface area is 136 Å². The zero-order valence-electron chi connectivity index (χ0n) is 15.3. The van der Waals surface area contributed by atoms with E-state index >= 15 is 0 Å². The van der Waals surface area contributed by atoms with Gasteiger partial charge in [0, 0.05) is 33.2 Å². The Hall–Kier alpha value is -0.320. The summed E-state index contributed by atoms with van der Waals surface area (Å²) >= 11 is 0. The van der Waals surface area contributed by atoms with Gasteiger partial charge in [-0.15, -0.1) is 0 Å². The smallest absolute Gasteiger partial charge is 0.121 e. The fourth-order valence-corrected chi connectivity index (χ4v) is 10.4. The van der Waals surface area contributed by atoms with Crippen LogP contribution in [0.4, 0.5) is 0 Å².